The van der Waals surface area contributed by atoms with Gasteiger partial charge >= 0.3 is 0 Å². The smallest absolute Gasteiger partial charge is 0.248 e. The Labute approximate surface area is 121 Å². The summed E-state index contributed by atoms with van der Waals surface area (Å²) in [5.74, 6) is 0.282. The molecule has 1 heterocycles. The third kappa shape index (κ3) is 3.19. The van der Waals surface area contributed by atoms with Gasteiger partial charge in [0.2, 0.25) is 5.91 Å². The fourth-order valence-electron chi connectivity index (χ4n) is 3.16. The lowest BCUT2D eigenvalue weighted by Crippen LogP contribution is -2.48. The Hall–Kier alpha value is -1.39. The minimum Gasteiger partial charge on any atom is -0.366 e. The number of amides is 1. The predicted octanol–water partition coefficient (Wildman–Crippen LogP) is 1.65. The van der Waals surface area contributed by atoms with Gasteiger partial charge in [-0.15, -0.1) is 0 Å². The second kappa shape index (κ2) is 6.37. The lowest BCUT2D eigenvalue weighted by atomic mass is 9.90. The number of nitrogens with two attached hydrogens (primary N) is 2. The molecular weight excluding hydrogens is 250 g/mol. The molecule has 2 unspecified atom stereocenters. The maximum absolute atomic E-state index is 11.2. The molecule has 0 bridgehead atoms. The van der Waals surface area contributed by atoms with Crippen LogP contribution >= 0.6 is 0 Å². The van der Waals surface area contributed by atoms with E-state index in [-0.39, 0.29) is 5.91 Å². The topological polar surface area (TPSA) is 72.4 Å². The van der Waals surface area contributed by atoms with Gasteiger partial charge in [0.15, 0.2) is 0 Å². The summed E-state index contributed by atoms with van der Waals surface area (Å²) >= 11 is 0. The summed E-state index contributed by atoms with van der Waals surface area (Å²) in [6.45, 7) is 7.03. The molecule has 1 aromatic carbocycles. The molecule has 0 saturated carbocycles. The van der Waals surface area contributed by atoms with Gasteiger partial charge in [-0.05, 0) is 55.5 Å². The second-order valence-electron chi connectivity index (χ2n) is 5.90. The average Bonchev–Trinajstić information content (AvgIpc) is 2.41. The summed E-state index contributed by atoms with van der Waals surface area (Å²) in [5.41, 5.74) is 14.2. The van der Waals surface area contributed by atoms with Gasteiger partial charge < -0.3 is 11.5 Å². The number of nitrogens with zero attached hydrogens (tertiary/aromatic N) is 1. The number of hydrogen-bond acceptors (Lipinski definition) is 3. The average molecular weight is 275 g/mol. The van der Waals surface area contributed by atoms with E-state index in [0.717, 1.165) is 18.7 Å². The van der Waals surface area contributed by atoms with Gasteiger partial charge in [-0.3, -0.25) is 9.69 Å². The van der Waals surface area contributed by atoms with Crippen LogP contribution in [-0.2, 0) is 6.54 Å². The molecule has 1 aliphatic heterocycles. The third-order valence-corrected chi connectivity index (χ3v) is 4.47. The second-order valence-corrected chi connectivity index (χ2v) is 5.90. The van der Waals surface area contributed by atoms with Gasteiger partial charge in [-0.1, -0.05) is 13.0 Å². The molecule has 20 heavy (non-hydrogen) atoms. The molecule has 0 aromatic heterocycles. The van der Waals surface area contributed by atoms with Crippen molar-refractivity contribution >= 4 is 5.91 Å². The predicted molar refractivity (Wildman–Crippen MR) is 81.3 cm³/mol. The Morgan fingerprint density at radius 2 is 2.20 bits per heavy atom. The van der Waals surface area contributed by atoms with Crippen molar-refractivity contribution in [2.75, 3.05) is 13.1 Å². The first kappa shape index (κ1) is 15.0. The van der Waals surface area contributed by atoms with Crippen LogP contribution in [0.25, 0.3) is 0 Å². The van der Waals surface area contributed by atoms with E-state index in [9.17, 15) is 4.79 Å². The fraction of sp³-hybridized carbons (Fsp3) is 0.562. The summed E-state index contributed by atoms with van der Waals surface area (Å²) in [6.07, 6.45) is 2.49. The van der Waals surface area contributed by atoms with Crippen LogP contribution in [0.5, 0.6) is 0 Å². The summed E-state index contributed by atoms with van der Waals surface area (Å²) in [7, 11) is 0. The molecule has 1 amide bonds. The highest BCUT2D eigenvalue weighted by atomic mass is 16.1. The molecular formula is C16H25N3O. The summed E-state index contributed by atoms with van der Waals surface area (Å²) in [6, 6.07) is 6.17. The van der Waals surface area contributed by atoms with Gasteiger partial charge in [-0.2, -0.15) is 0 Å². The SMILES string of the molecule is Cc1cc(C(N)=O)ccc1CN1CCCC(C)C1CN. The summed E-state index contributed by atoms with van der Waals surface area (Å²) < 4.78 is 0. The van der Waals surface area contributed by atoms with Crippen LogP contribution in [0.2, 0.25) is 0 Å². The number of carbonyl (C=O) groups is 1. The molecule has 0 radical (unpaired) electrons. The molecule has 2 atom stereocenters. The van der Waals surface area contributed by atoms with Crippen LogP contribution in [0.3, 0.4) is 0 Å². The third-order valence-electron chi connectivity index (χ3n) is 4.47. The van der Waals surface area contributed by atoms with Crippen LogP contribution in [0.1, 0.15) is 41.3 Å². The van der Waals surface area contributed by atoms with Gasteiger partial charge in [0, 0.05) is 24.7 Å². The molecule has 4 nitrogen and oxygen atoms in total. The summed E-state index contributed by atoms with van der Waals surface area (Å²) in [5, 5.41) is 0. The zero-order chi connectivity index (χ0) is 14.7. The highest BCUT2D eigenvalue weighted by Gasteiger charge is 2.27. The van der Waals surface area contributed by atoms with Crippen molar-refractivity contribution in [2.24, 2.45) is 17.4 Å². The summed E-state index contributed by atoms with van der Waals surface area (Å²) in [4.78, 5) is 13.7. The van der Waals surface area contributed by atoms with Crippen molar-refractivity contribution in [3.8, 4) is 0 Å². The number of piperidine rings is 1. The molecule has 0 spiro atoms. The van der Waals surface area contributed by atoms with Crippen molar-refractivity contribution in [3.05, 3.63) is 34.9 Å². The Bertz CT molecular complexity index is 487. The van der Waals surface area contributed by atoms with E-state index >= 15 is 0 Å². The first-order chi connectivity index (χ1) is 9.52. The Kier molecular flexibility index (Phi) is 4.78. The molecule has 1 aromatic rings. The van der Waals surface area contributed by atoms with Crippen molar-refractivity contribution in [1.82, 2.24) is 4.90 Å². The monoisotopic (exact) mass is 275 g/mol. The van der Waals surface area contributed by atoms with E-state index in [1.807, 2.05) is 25.1 Å². The van der Waals surface area contributed by atoms with Crippen LogP contribution in [0.15, 0.2) is 18.2 Å². The van der Waals surface area contributed by atoms with Crippen molar-refractivity contribution in [1.29, 1.82) is 0 Å². The van der Waals surface area contributed by atoms with E-state index < -0.39 is 0 Å². The highest BCUT2D eigenvalue weighted by molar-refractivity contribution is 5.93. The molecule has 1 fully saturated rings. The maximum Gasteiger partial charge on any atom is 0.248 e. The zero-order valence-electron chi connectivity index (χ0n) is 12.4. The van der Waals surface area contributed by atoms with Crippen molar-refractivity contribution < 1.29 is 4.79 Å². The lowest BCUT2D eigenvalue weighted by Gasteiger charge is -2.39. The number of benzene rings is 1. The molecule has 110 valence electrons. The number of aryl methyl sites for hydroxylation is 1. The zero-order valence-corrected chi connectivity index (χ0v) is 12.4. The molecule has 1 aliphatic rings. The van der Waals surface area contributed by atoms with Crippen LogP contribution in [-0.4, -0.2) is 29.9 Å². The molecule has 4 N–H and O–H groups in total. The number of hydrogen-bond donors (Lipinski definition) is 2. The maximum atomic E-state index is 11.2. The van der Waals surface area contributed by atoms with Gasteiger partial charge in [0.05, 0.1) is 0 Å². The molecule has 4 heteroatoms. The number of rotatable bonds is 4. The molecule has 2 rings (SSSR count). The van der Waals surface area contributed by atoms with Gasteiger partial charge in [0.25, 0.3) is 0 Å². The number of carbonyl (C=O) groups excluding carboxylic acids is 1. The largest absolute Gasteiger partial charge is 0.366 e. The minimum absolute atomic E-state index is 0.369. The van der Waals surface area contributed by atoms with Crippen molar-refractivity contribution in [3.63, 3.8) is 0 Å². The first-order valence-electron chi connectivity index (χ1n) is 7.36. The van der Waals surface area contributed by atoms with Gasteiger partial charge in [0.1, 0.15) is 0 Å². The fourth-order valence-corrected chi connectivity index (χ4v) is 3.16. The molecule has 0 aliphatic carbocycles. The van der Waals surface area contributed by atoms with Crippen molar-refractivity contribution in [2.45, 2.75) is 39.3 Å². The Morgan fingerprint density at radius 1 is 1.45 bits per heavy atom. The van der Waals surface area contributed by atoms with Crippen LogP contribution in [0.4, 0.5) is 0 Å². The Morgan fingerprint density at radius 3 is 2.80 bits per heavy atom. The first-order valence-corrected chi connectivity index (χ1v) is 7.36. The minimum atomic E-state index is -0.369. The molecule has 1 saturated heterocycles. The standard InChI is InChI=1S/C16H25N3O/c1-11-4-3-7-19(15(11)9-17)10-14-6-5-13(16(18)20)8-12(14)2/h5-6,8,11,15H,3-4,7,9-10,17H2,1-2H3,(H2,18,20). The lowest BCUT2D eigenvalue weighted by molar-refractivity contribution is 0.0986. The normalized spacial score (nSPS) is 23.8. The number of likely N-dealkylation sites (tertiary alicyclic amines) is 1. The van der Waals surface area contributed by atoms with E-state index in [2.05, 4.69) is 11.8 Å². The van der Waals surface area contributed by atoms with E-state index in [0.29, 0.717) is 24.1 Å². The van der Waals surface area contributed by atoms with E-state index in [1.165, 1.54) is 18.4 Å². The van der Waals surface area contributed by atoms with Crippen LogP contribution in [0, 0.1) is 12.8 Å². The van der Waals surface area contributed by atoms with E-state index in [1.54, 1.807) is 0 Å². The van der Waals surface area contributed by atoms with Crippen LogP contribution < -0.4 is 11.5 Å². The van der Waals surface area contributed by atoms with E-state index in [4.69, 9.17) is 11.5 Å². The Balaban J connectivity index is 2.14. The number of primary amides is 1. The quantitative estimate of drug-likeness (QED) is 0.877. The highest BCUT2D eigenvalue weighted by Crippen LogP contribution is 2.25. The van der Waals surface area contributed by atoms with Gasteiger partial charge in [-0.25, -0.2) is 0 Å².